The molecule has 0 bridgehead atoms. The SMILES string of the molecule is CC(C)n1ccc(CC(CBr)Cc2ccc(Cl)cc2)n1. The number of benzene rings is 1. The highest BCUT2D eigenvalue weighted by atomic mass is 79.9. The van der Waals surface area contributed by atoms with Gasteiger partial charge in [-0.15, -0.1) is 0 Å². The molecule has 0 N–H and O–H groups in total. The van der Waals surface area contributed by atoms with Crippen molar-refractivity contribution in [3.63, 3.8) is 0 Å². The molecule has 2 aromatic rings. The van der Waals surface area contributed by atoms with Crippen LogP contribution in [0.15, 0.2) is 36.5 Å². The second kappa shape index (κ2) is 7.28. The van der Waals surface area contributed by atoms with E-state index in [0.717, 1.165) is 28.9 Å². The second-order valence-electron chi connectivity index (χ2n) is 5.44. The average molecular weight is 356 g/mol. The summed E-state index contributed by atoms with van der Waals surface area (Å²) in [5.74, 6) is 0.548. The van der Waals surface area contributed by atoms with Crippen LogP contribution in [0.5, 0.6) is 0 Å². The molecular formula is C16H20BrClN2. The molecule has 1 aromatic heterocycles. The van der Waals surface area contributed by atoms with Crippen LogP contribution in [0.2, 0.25) is 5.02 Å². The summed E-state index contributed by atoms with van der Waals surface area (Å²) in [6, 6.07) is 10.7. The molecule has 108 valence electrons. The van der Waals surface area contributed by atoms with Gasteiger partial charge in [0.25, 0.3) is 0 Å². The van der Waals surface area contributed by atoms with E-state index in [1.165, 1.54) is 5.56 Å². The molecule has 20 heavy (non-hydrogen) atoms. The first-order valence-electron chi connectivity index (χ1n) is 6.93. The lowest BCUT2D eigenvalue weighted by molar-refractivity contribution is 0.513. The molecule has 0 fully saturated rings. The van der Waals surface area contributed by atoms with Gasteiger partial charge in [0.15, 0.2) is 0 Å². The Bertz CT molecular complexity index is 534. The second-order valence-corrected chi connectivity index (χ2v) is 6.52. The lowest BCUT2D eigenvalue weighted by Crippen LogP contribution is -2.11. The fraction of sp³-hybridized carbons (Fsp3) is 0.438. The van der Waals surface area contributed by atoms with Crippen LogP contribution in [0.1, 0.15) is 31.1 Å². The van der Waals surface area contributed by atoms with E-state index in [-0.39, 0.29) is 0 Å². The zero-order chi connectivity index (χ0) is 14.5. The van der Waals surface area contributed by atoms with Crippen LogP contribution < -0.4 is 0 Å². The van der Waals surface area contributed by atoms with Crippen LogP contribution >= 0.6 is 27.5 Å². The van der Waals surface area contributed by atoms with Gasteiger partial charge in [-0.05, 0) is 56.4 Å². The van der Waals surface area contributed by atoms with E-state index in [2.05, 4.69) is 59.3 Å². The van der Waals surface area contributed by atoms with Crippen molar-refractivity contribution in [2.75, 3.05) is 5.33 Å². The molecule has 2 nitrogen and oxygen atoms in total. The van der Waals surface area contributed by atoms with Crippen molar-refractivity contribution in [3.05, 3.63) is 52.8 Å². The minimum absolute atomic E-state index is 0.419. The normalized spacial score (nSPS) is 12.8. The van der Waals surface area contributed by atoms with Gasteiger partial charge in [-0.1, -0.05) is 39.7 Å². The molecule has 2 rings (SSSR count). The van der Waals surface area contributed by atoms with Crippen molar-refractivity contribution in [1.29, 1.82) is 0 Å². The molecule has 4 heteroatoms. The summed E-state index contributed by atoms with van der Waals surface area (Å²) in [4.78, 5) is 0. The molecule has 0 saturated heterocycles. The first-order valence-corrected chi connectivity index (χ1v) is 8.43. The summed E-state index contributed by atoms with van der Waals surface area (Å²) in [7, 11) is 0. The highest BCUT2D eigenvalue weighted by Crippen LogP contribution is 2.18. The van der Waals surface area contributed by atoms with Gasteiger partial charge in [0, 0.05) is 22.6 Å². The Morgan fingerprint density at radius 2 is 1.85 bits per heavy atom. The minimum atomic E-state index is 0.419. The number of hydrogen-bond donors (Lipinski definition) is 0. The van der Waals surface area contributed by atoms with Crippen LogP contribution in [0.4, 0.5) is 0 Å². The topological polar surface area (TPSA) is 17.8 Å². The lowest BCUT2D eigenvalue weighted by Gasteiger charge is -2.13. The van der Waals surface area contributed by atoms with Gasteiger partial charge in [-0.25, -0.2) is 0 Å². The standard InChI is InChI=1S/C16H20BrClN2/c1-12(2)20-8-7-16(19-20)10-14(11-17)9-13-3-5-15(18)6-4-13/h3-8,12,14H,9-11H2,1-2H3. The van der Waals surface area contributed by atoms with Crippen molar-refractivity contribution in [1.82, 2.24) is 9.78 Å². The van der Waals surface area contributed by atoms with E-state index in [0.29, 0.717) is 12.0 Å². The van der Waals surface area contributed by atoms with Crippen molar-refractivity contribution >= 4 is 27.5 Å². The zero-order valence-electron chi connectivity index (χ0n) is 11.9. The van der Waals surface area contributed by atoms with E-state index in [9.17, 15) is 0 Å². The highest BCUT2D eigenvalue weighted by molar-refractivity contribution is 9.09. The Morgan fingerprint density at radius 1 is 1.15 bits per heavy atom. The molecule has 1 heterocycles. The number of rotatable bonds is 6. The van der Waals surface area contributed by atoms with Crippen LogP contribution in [-0.2, 0) is 12.8 Å². The monoisotopic (exact) mass is 354 g/mol. The van der Waals surface area contributed by atoms with Gasteiger partial charge in [-0.2, -0.15) is 5.10 Å². The van der Waals surface area contributed by atoms with Gasteiger partial charge < -0.3 is 0 Å². The number of nitrogens with zero attached hydrogens (tertiary/aromatic N) is 2. The third kappa shape index (κ3) is 4.35. The third-order valence-corrected chi connectivity index (χ3v) is 4.51. The summed E-state index contributed by atoms with van der Waals surface area (Å²) in [5, 5.41) is 6.40. The smallest absolute Gasteiger partial charge is 0.0627 e. The van der Waals surface area contributed by atoms with Crippen LogP contribution in [0.25, 0.3) is 0 Å². The molecule has 0 aliphatic rings. The fourth-order valence-corrected chi connectivity index (χ4v) is 2.79. The van der Waals surface area contributed by atoms with Crippen LogP contribution in [0.3, 0.4) is 0 Å². The summed E-state index contributed by atoms with van der Waals surface area (Å²) >= 11 is 9.54. The van der Waals surface area contributed by atoms with Crippen LogP contribution in [-0.4, -0.2) is 15.1 Å². The fourth-order valence-electron chi connectivity index (χ4n) is 2.20. The number of halogens is 2. The Balaban J connectivity index is 1.99. The number of aromatic nitrogens is 2. The largest absolute Gasteiger partial charge is 0.270 e. The Labute approximate surface area is 134 Å². The van der Waals surface area contributed by atoms with Gasteiger partial charge >= 0.3 is 0 Å². The average Bonchev–Trinajstić information content (AvgIpc) is 2.89. The van der Waals surface area contributed by atoms with Crippen LogP contribution in [0, 0.1) is 5.92 Å². The summed E-state index contributed by atoms with van der Waals surface area (Å²) < 4.78 is 2.02. The predicted octanol–water partition coefficient (Wildman–Crippen LogP) is 4.91. The molecule has 0 aliphatic carbocycles. The molecule has 0 spiro atoms. The molecular weight excluding hydrogens is 336 g/mol. The summed E-state index contributed by atoms with van der Waals surface area (Å²) in [6.45, 7) is 4.29. The Kier molecular flexibility index (Phi) is 5.67. The molecule has 0 radical (unpaired) electrons. The first kappa shape index (κ1) is 15.6. The van der Waals surface area contributed by atoms with Gasteiger partial charge in [0.2, 0.25) is 0 Å². The van der Waals surface area contributed by atoms with Gasteiger partial charge in [0.1, 0.15) is 0 Å². The number of hydrogen-bond acceptors (Lipinski definition) is 1. The van der Waals surface area contributed by atoms with Gasteiger partial charge in [0.05, 0.1) is 5.69 Å². The maximum Gasteiger partial charge on any atom is 0.0627 e. The lowest BCUT2D eigenvalue weighted by atomic mass is 9.97. The third-order valence-electron chi connectivity index (χ3n) is 3.35. The van der Waals surface area contributed by atoms with Crippen molar-refractivity contribution in [2.24, 2.45) is 5.92 Å². The summed E-state index contributed by atoms with van der Waals surface area (Å²) in [6.07, 6.45) is 4.10. The molecule has 1 atom stereocenters. The Hall–Kier alpha value is -0.800. The quantitative estimate of drug-likeness (QED) is 0.673. The predicted molar refractivity (Wildman–Crippen MR) is 88.8 cm³/mol. The first-order chi connectivity index (χ1) is 9.58. The number of alkyl halides is 1. The molecule has 1 aromatic carbocycles. The van der Waals surface area contributed by atoms with E-state index in [1.54, 1.807) is 0 Å². The molecule has 0 saturated carbocycles. The zero-order valence-corrected chi connectivity index (χ0v) is 14.2. The highest BCUT2D eigenvalue weighted by Gasteiger charge is 2.12. The van der Waals surface area contributed by atoms with E-state index < -0.39 is 0 Å². The van der Waals surface area contributed by atoms with Crippen molar-refractivity contribution in [2.45, 2.75) is 32.7 Å². The Morgan fingerprint density at radius 3 is 2.40 bits per heavy atom. The maximum atomic E-state index is 5.92. The molecule has 1 unspecified atom stereocenters. The van der Waals surface area contributed by atoms with E-state index in [1.807, 2.05) is 16.8 Å². The molecule has 0 aliphatic heterocycles. The maximum absolute atomic E-state index is 5.92. The minimum Gasteiger partial charge on any atom is -0.270 e. The summed E-state index contributed by atoms with van der Waals surface area (Å²) in [5.41, 5.74) is 2.49. The van der Waals surface area contributed by atoms with Crippen molar-refractivity contribution in [3.8, 4) is 0 Å². The van der Waals surface area contributed by atoms with E-state index in [4.69, 9.17) is 11.6 Å². The van der Waals surface area contributed by atoms with Crippen molar-refractivity contribution < 1.29 is 0 Å². The molecule has 0 amide bonds. The van der Waals surface area contributed by atoms with E-state index >= 15 is 0 Å². The van der Waals surface area contributed by atoms with Gasteiger partial charge in [-0.3, -0.25) is 4.68 Å².